The molecule has 0 fully saturated rings. The van der Waals surface area contributed by atoms with Crippen molar-refractivity contribution in [2.24, 2.45) is 0 Å². The fourth-order valence-electron chi connectivity index (χ4n) is 5.56. The van der Waals surface area contributed by atoms with Gasteiger partial charge in [0.15, 0.2) is 0 Å². The summed E-state index contributed by atoms with van der Waals surface area (Å²) in [4.78, 5) is 0. The summed E-state index contributed by atoms with van der Waals surface area (Å²) in [5, 5.41) is 16.3. The highest BCUT2D eigenvalue weighted by atomic mass is 14.2. The SMILES string of the molecule is Cc1ccc2c(c1)cc1c3cccc4c5ccc(C)cc5cc(c5cccc2c51)c43. The molecule has 0 nitrogen and oxygen atoms in total. The van der Waals surface area contributed by atoms with Gasteiger partial charge in [-0.15, -0.1) is 0 Å². The third kappa shape index (κ3) is 1.96. The Morgan fingerprint density at radius 1 is 0.367 bits per heavy atom. The highest BCUT2D eigenvalue weighted by molar-refractivity contribution is 6.38. The van der Waals surface area contributed by atoms with E-state index in [1.54, 1.807) is 0 Å². The van der Waals surface area contributed by atoms with Gasteiger partial charge in [-0.25, -0.2) is 0 Å². The topological polar surface area (TPSA) is 0 Å². The Labute approximate surface area is 174 Å². The average Bonchev–Trinajstić information content (AvgIpc) is 2.76. The van der Waals surface area contributed by atoms with Crippen LogP contribution >= 0.6 is 0 Å². The monoisotopic (exact) mass is 380 g/mol. The Kier molecular flexibility index (Phi) is 2.96. The molecule has 7 aromatic rings. The summed E-state index contributed by atoms with van der Waals surface area (Å²) in [6.45, 7) is 4.35. The van der Waals surface area contributed by atoms with E-state index < -0.39 is 0 Å². The molecule has 7 rings (SSSR count). The van der Waals surface area contributed by atoms with Crippen molar-refractivity contribution in [2.75, 3.05) is 0 Å². The van der Waals surface area contributed by atoms with Gasteiger partial charge in [-0.1, -0.05) is 83.9 Å². The van der Waals surface area contributed by atoms with Crippen LogP contribution in [-0.4, -0.2) is 0 Å². The van der Waals surface area contributed by atoms with Gasteiger partial charge < -0.3 is 0 Å². The maximum Gasteiger partial charge on any atom is -0.00199 e. The van der Waals surface area contributed by atoms with E-state index in [-0.39, 0.29) is 0 Å². The molecule has 0 aromatic heterocycles. The lowest BCUT2D eigenvalue weighted by atomic mass is 9.86. The lowest BCUT2D eigenvalue weighted by Crippen LogP contribution is -1.89. The van der Waals surface area contributed by atoms with E-state index in [1.807, 2.05) is 0 Å². The van der Waals surface area contributed by atoms with Crippen molar-refractivity contribution in [3.63, 3.8) is 0 Å². The van der Waals surface area contributed by atoms with Gasteiger partial charge in [-0.2, -0.15) is 0 Å². The molecule has 0 bridgehead atoms. The molecular weight excluding hydrogens is 360 g/mol. The van der Waals surface area contributed by atoms with Gasteiger partial charge in [-0.3, -0.25) is 0 Å². The summed E-state index contributed by atoms with van der Waals surface area (Å²) < 4.78 is 0. The van der Waals surface area contributed by atoms with Gasteiger partial charge in [0.2, 0.25) is 0 Å². The first-order valence-corrected chi connectivity index (χ1v) is 10.6. The second-order valence-electron chi connectivity index (χ2n) is 8.75. The second-order valence-corrected chi connectivity index (χ2v) is 8.75. The molecule has 0 heteroatoms. The molecule has 7 aromatic carbocycles. The number of hydrogen-bond donors (Lipinski definition) is 0. The minimum Gasteiger partial charge on any atom is -0.0610 e. The van der Waals surface area contributed by atoms with Gasteiger partial charge in [0, 0.05) is 0 Å². The average molecular weight is 380 g/mol. The fraction of sp³-hybridized carbons (Fsp3) is 0.0667. The molecule has 30 heavy (non-hydrogen) atoms. The minimum absolute atomic E-state index is 1.31. The minimum atomic E-state index is 1.31. The summed E-state index contributed by atoms with van der Waals surface area (Å²) in [6, 6.07) is 32.1. The zero-order chi connectivity index (χ0) is 20.0. The van der Waals surface area contributed by atoms with Gasteiger partial charge in [0.1, 0.15) is 0 Å². The van der Waals surface area contributed by atoms with Crippen molar-refractivity contribution in [1.82, 2.24) is 0 Å². The molecule has 0 saturated heterocycles. The van der Waals surface area contributed by atoms with Crippen molar-refractivity contribution in [3.8, 4) is 0 Å². The Hall–Kier alpha value is -3.64. The first kappa shape index (κ1) is 16.2. The largest absolute Gasteiger partial charge is 0.0610 e. The molecule has 0 saturated carbocycles. The predicted octanol–water partition coefficient (Wildman–Crippen LogP) is 8.66. The van der Waals surface area contributed by atoms with Crippen molar-refractivity contribution in [3.05, 3.63) is 96.1 Å². The molecule has 0 unspecified atom stereocenters. The maximum atomic E-state index is 2.41. The van der Waals surface area contributed by atoms with Crippen LogP contribution in [0.2, 0.25) is 0 Å². The standard InChI is InChI=1S/C30H20/c1-17-9-11-21-19(13-17)15-27-25-7-4-6-24-22-12-10-18(2)14-20(22)16-28(30(24)25)26-8-3-5-23(21)29(26)27/h3-16H,1-2H3. The second kappa shape index (κ2) is 5.49. The highest BCUT2D eigenvalue weighted by Crippen LogP contribution is 2.44. The normalized spacial score (nSPS) is 12.3. The van der Waals surface area contributed by atoms with E-state index in [0.29, 0.717) is 0 Å². The third-order valence-corrected chi connectivity index (χ3v) is 6.84. The third-order valence-electron chi connectivity index (χ3n) is 6.84. The zero-order valence-corrected chi connectivity index (χ0v) is 17.1. The Morgan fingerprint density at radius 2 is 0.767 bits per heavy atom. The van der Waals surface area contributed by atoms with Gasteiger partial charge in [0.25, 0.3) is 0 Å². The maximum absolute atomic E-state index is 2.41. The molecule has 0 aliphatic carbocycles. The molecule has 140 valence electrons. The molecule has 0 heterocycles. The van der Waals surface area contributed by atoms with Crippen LogP contribution in [0, 0.1) is 13.8 Å². The summed E-state index contributed by atoms with van der Waals surface area (Å²) in [5.41, 5.74) is 2.61. The molecule has 0 amide bonds. The number of aryl methyl sites for hydroxylation is 2. The van der Waals surface area contributed by atoms with Crippen molar-refractivity contribution >= 4 is 64.6 Å². The Balaban J connectivity index is 1.87. The lowest BCUT2D eigenvalue weighted by molar-refractivity contribution is 1.51. The molecule has 0 spiro atoms. The van der Waals surface area contributed by atoms with Crippen LogP contribution in [0.4, 0.5) is 0 Å². The molecule has 0 radical (unpaired) electrons. The van der Waals surface area contributed by atoms with E-state index >= 15 is 0 Å². The van der Waals surface area contributed by atoms with Gasteiger partial charge >= 0.3 is 0 Å². The van der Waals surface area contributed by atoms with Gasteiger partial charge in [-0.05, 0) is 90.6 Å². The van der Waals surface area contributed by atoms with Crippen LogP contribution in [0.25, 0.3) is 64.6 Å². The van der Waals surface area contributed by atoms with Crippen molar-refractivity contribution in [2.45, 2.75) is 13.8 Å². The first-order chi connectivity index (χ1) is 14.7. The highest BCUT2D eigenvalue weighted by Gasteiger charge is 2.16. The van der Waals surface area contributed by atoms with E-state index in [1.165, 1.54) is 75.8 Å². The van der Waals surface area contributed by atoms with E-state index in [2.05, 4.69) is 98.8 Å². The summed E-state index contributed by atoms with van der Waals surface area (Å²) >= 11 is 0. The van der Waals surface area contributed by atoms with Gasteiger partial charge in [0.05, 0.1) is 0 Å². The lowest BCUT2D eigenvalue weighted by Gasteiger charge is -2.17. The molecule has 0 aliphatic rings. The molecular formula is C30H20. The molecule has 0 aliphatic heterocycles. The Morgan fingerprint density at radius 3 is 1.20 bits per heavy atom. The number of benzene rings is 7. The van der Waals surface area contributed by atoms with Crippen LogP contribution in [0.3, 0.4) is 0 Å². The van der Waals surface area contributed by atoms with Crippen LogP contribution in [-0.2, 0) is 0 Å². The summed E-state index contributed by atoms with van der Waals surface area (Å²) in [7, 11) is 0. The van der Waals surface area contributed by atoms with Crippen molar-refractivity contribution in [1.29, 1.82) is 0 Å². The summed E-state index contributed by atoms with van der Waals surface area (Å²) in [5.74, 6) is 0. The van der Waals surface area contributed by atoms with E-state index in [0.717, 1.165) is 0 Å². The van der Waals surface area contributed by atoms with Crippen LogP contribution in [0.15, 0.2) is 84.9 Å². The quantitative estimate of drug-likeness (QED) is 0.182. The van der Waals surface area contributed by atoms with Crippen LogP contribution < -0.4 is 0 Å². The Bertz CT molecular complexity index is 1670. The summed E-state index contributed by atoms with van der Waals surface area (Å²) in [6.07, 6.45) is 0. The number of rotatable bonds is 0. The van der Waals surface area contributed by atoms with Crippen LogP contribution in [0.1, 0.15) is 11.1 Å². The first-order valence-electron chi connectivity index (χ1n) is 10.6. The van der Waals surface area contributed by atoms with E-state index in [9.17, 15) is 0 Å². The smallest absolute Gasteiger partial charge is 0.00199 e. The van der Waals surface area contributed by atoms with E-state index in [4.69, 9.17) is 0 Å². The number of hydrogen-bond acceptors (Lipinski definition) is 0. The zero-order valence-electron chi connectivity index (χ0n) is 17.1. The fourth-order valence-corrected chi connectivity index (χ4v) is 5.56. The predicted molar refractivity (Wildman–Crippen MR) is 132 cm³/mol. The number of fused-ring (bicyclic) bond motifs is 6. The molecule has 0 atom stereocenters. The van der Waals surface area contributed by atoms with Crippen LogP contribution in [0.5, 0.6) is 0 Å². The van der Waals surface area contributed by atoms with Crippen molar-refractivity contribution < 1.29 is 0 Å². The molecule has 0 N–H and O–H groups in total.